The van der Waals surface area contributed by atoms with Crippen LogP contribution in [0.2, 0.25) is 0 Å². The van der Waals surface area contributed by atoms with E-state index in [1.165, 1.54) is 0 Å². The number of hydrogen-bond donors (Lipinski definition) is 0. The number of amides is 4. The number of ether oxygens (including phenoxy) is 2. The molecule has 0 spiro atoms. The largest absolute Gasteiger partial charge is 0.453 e. The second-order valence-electron chi connectivity index (χ2n) is 25.2. The average Bonchev–Trinajstić information content (AvgIpc) is 3.28. The zero-order chi connectivity index (χ0) is 52.5. The Kier molecular flexibility index (Phi) is 10.0. The van der Waals surface area contributed by atoms with Crippen molar-refractivity contribution in [2.45, 2.75) is 143 Å². The van der Waals surface area contributed by atoms with E-state index < -0.39 is 45.3 Å². The van der Waals surface area contributed by atoms with Crippen LogP contribution in [-0.2, 0) is 32.5 Å². The van der Waals surface area contributed by atoms with Crippen molar-refractivity contribution in [2.75, 3.05) is 9.80 Å². The summed E-state index contributed by atoms with van der Waals surface area (Å²) < 4.78 is 13.6. The number of imide groups is 2. The Bertz CT molecular complexity index is 3320. The lowest BCUT2D eigenvalue weighted by Gasteiger charge is -2.40. The molecule has 0 atom stereocenters. The van der Waals surface area contributed by atoms with Gasteiger partial charge in [0.05, 0.1) is 22.5 Å². The van der Waals surface area contributed by atoms with Gasteiger partial charge in [-0.15, -0.1) is 0 Å². The van der Waals surface area contributed by atoms with Crippen LogP contribution in [0, 0.1) is 22.7 Å². The first-order chi connectivity index (χ1) is 33.3. The lowest BCUT2D eigenvalue weighted by atomic mass is 9.71. The molecule has 0 aromatic heterocycles. The highest BCUT2D eigenvalue weighted by Gasteiger charge is 2.47. The van der Waals surface area contributed by atoms with Crippen molar-refractivity contribution in [3.63, 3.8) is 0 Å². The fourth-order valence-electron chi connectivity index (χ4n) is 10.8. The molecule has 0 bridgehead atoms. The van der Waals surface area contributed by atoms with E-state index in [9.17, 15) is 10.5 Å². The molecule has 0 fully saturated rings. The summed E-state index contributed by atoms with van der Waals surface area (Å²) in [7, 11) is 0. The molecular weight excluding hydrogens is 897 g/mol. The van der Waals surface area contributed by atoms with E-state index in [4.69, 9.17) is 9.47 Å². The number of benzene rings is 6. The Morgan fingerprint density at radius 1 is 0.403 bits per heavy atom. The van der Waals surface area contributed by atoms with E-state index in [0.717, 1.165) is 54.3 Å². The molecule has 0 unspecified atom stereocenters. The second-order valence-corrected chi connectivity index (χ2v) is 25.2. The van der Waals surface area contributed by atoms with Crippen LogP contribution in [-0.4, -0.2) is 23.6 Å². The number of fused-ring (bicyclic) bond motifs is 4. The summed E-state index contributed by atoms with van der Waals surface area (Å²) in [4.78, 5) is 63.4. The molecule has 4 aliphatic heterocycles. The Balaban J connectivity index is 1.13. The summed E-state index contributed by atoms with van der Waals surface area (Å²) in [5.74, 6) is -1.25. The summed E-state index contributed by atoms with van der Waals surface area (Å²) in [6.45, 7) is 33.3. The molecule has 10 rings (SSSR count). The fraction of sp³-hybridized carbons (Fsp3) is 0.355. The van der Waals surface area contributed by atoms with E-state index in [-0.39, 0.29) is 55.2 Å². The van der Waals surface area contributed by atoms with Gasteiger partial charge in [0.15, 0.2) is 11.5 Å². The first kappa shape index (κ1) is 48.1. The Morgan fingerprint density at radius 2 is 0.653 bits per heavy atom. The number of carbonyl (C=O) groups is 4. The molecule has 6 aromatic rings. The second kappa shape index (κ2) is 15.0. The Morgan fingerprint density at radius 3 is 0.903 bits per heavy atom. The van der Waals surface area contributed by atoms with Crippen molar-refractivity contribution in [1.29, 1.82) is 10.5 Å². The SMILES string of the molecule is CC(C)(C)c1cc(C#N)c2c(c1)C(C)(C)c1cc(C(C)(C)C)cc(N3C(=O)c4ccc5c6c(ccc(c46)C3=O)C(=O)N(c3cc(C(C)(C)C)cc4c3Oc3c(C#N)cc(C(C)(C)C)cc3C4(C)C)C5=O)c1O2. The predicted molar refractivity (Wildman–Crippen MR) is 281 cm³/mol. The van der Waals surface area contributed by atoms with Crippen LogP contribution in [0.4, 0.5) is 11.4 Å². The molecule has 10 heteroatoms. The van der Waals surface area contributed by atoms with Gasteiger partial charge in [0.1, 0.15) is 23.6 Å². The van der Waals surface area contributed by atoms with E-state index in [2.05, 4.69) is 147 Å². The number of carbonyl (C=O) groups excluding carboxylic acids is 4. The molecular formula is C62H60N4O6. The standard InChI is InChI=1S/C62H60N4O6/c1-57(2,3)33-21-31(29-63)49-41(23-33)61(13,14)43-25-35(59(7,8)9)27-45(51(43)71-49)65-53(67)37-17-19-39-48-40(20-18-38(47(37)48)54(65)68)56(70)66(55(39)69)46-28-36(60(10,11)12)26-44-52(46)72-50-32(30-64)22-34(58(4,5)6)24-42(50)62(44,15)16/h17-28H,1-16H3. The average molecular weight is 957 g/mol. The van der Waals surface area contributed by atoms with Gasteiger partial charge in [0, 0.05) is 66.1 Å². The van der Waals surface area contributed by atoms with E-state index in [1.54, 1.807) is 24.3 Å². The minimum absolute atomic E-state index is 0.143. The quantitative estimate of drug-likeness (QED) is 0.156. The van der Waals surface area contributed by atoms with Gasteiger partial charge < -0.3 is 9.47 Å². The van der Waals surface area contributed by atoms with Crippen LogP contribution < -0.4 is 19.3 Å². The van der Waals surface area contributed by atoms with Gasteiger partial charge in [-0.3, -0.25) is 19.2 Å². The van der Waals surface area contributed by atoms with Gasteiger partial charge in [0.25, 0.3) is 23.6 Å². The third kappa shape index (κ3) is 6.78. The number of hydrogen-bond acceptors (Lipinski definition) is 8. The molecule has 364 valence electrons. The van der Waals surface area contributed by atoms with Crippen LogP contribution in [0.25, 0.3) is 10.8 Å². The predicted octanol–water partition coefficient (Wildman–Crippen LogP) is 14.2. The van der Waals surface area contributed by atoms with Crippen molar-refractivity contribution in [3.8, 4) is 35.1 Å². The third-order valence-corrected chi connectivity index (χ3v) is 15.5. The van der Waals surface area contributed by atoms with E-state index in [1.807, 2.05) is 24.3 Å². The lowest BCUT2D eigenvalue weighted by molar-refractivity contribution is 0.0872. The van der Waals surface area contributed by atoms with Crippen LogP contribution >= 0.6 is 0 Å². The number of anilines is 2. The van der Waals surface area contributed by atoms with Crippen LogP contribution in [0.3, 0.4) is 0 Å². The van der Waals surface area contributed by atoms with Gasteiger partial charge in [-0.25, -0.2) is 9.80 Å². The molecule has 4 aliphatic rings. The molecule has 4 heterocycles. The van der Waals surface area contributed by atoms with Gasteiger partial charge in [-0.05, 0) is 92.4 Å². The number of nitrogens with zero attached hydrogens (tertiary/aromatic N) is 4. The summed E-state index contributed by atoms with van der Waals surface area (Å²) in [5.41, 5.74) is 5.73. The molecule has 0 aliphatic carbocycles. The smallest absolute Gasteiger partial charge is 0.266 e. The number of rotatable bonds is 2. The monoisotopic (exact) mass is 956 g/mol. The van der Waals surface area contributed by atoms with Gasteiger partial charge >= 0.3 is 0 Å². The first-order valence-corrected chi connectivity index (χ1v) is 24.6. The summed E-state index contributed by atoms with van der Waals surface area (Å²) in [6, 6.07) is 26.6. The minimum Gasteiger partial charge on any atom is -0.453 e. The first-order valence-electron chi connectivity index (χ1n) is 24.6. The fourth-order valence-corrected chi connectivity index (χ4v) is 10.8. The molecule has 4 amide bonds. The summed E-state index contributed by atoms with van der Waals surface area (Å²) >= 11 is 0. The summed E-state index contributed by atoms with van der Waals surface area (Å²) in [5, 5.41) is 21.5. The Labute approximate surface area is 422 Å². The third-order valence-electron chi connectivity index (χ3n) is 15.5. The molecule has 0 radical (unpaired) electrons. The topological polar surface area (TPSA) is 141 Å². The maximum atomic E-state index is 15.3. The zero-order valence-electron chi connectivity index (χ0n) is 44.2. The van der Waals surface area contributed by atoms with Crippen molar-refractivity contribution >= 4 is 45.8 Å². The van der Waals surface area contributed by atoms with E-state index in [0.29, 0.717) is 34.1 Å². The highest BCUT2D eigenvalue weighted by atomic mass is 16.5. The number of nitriles is 2. The van der Waals surface area contributed by atoms with Gasteiger partial charge in [-0.2, -0.15) is 10.5 Å². The van der Waals surface area contributed by atoms with E-state index >= 15 is 19.2 Å². The maximum absolute atomic E-state index is 15.3. The lowest BCUT2D eigenvalue weighted by Crippen LogP contribution is -2.44. The van der Waals surface area contributed by atoms with Crippen molar-refractivity contribution in [3.05, 3.63) is 151 Å². The highest BCUT2D eigenvalue weighted by molar-refractivity contribution is 6.42. The van der Waals surface area contributed by atoms with Crippen molar-refractivity contribution in [1.82, 2.24) is 0 Å². The van der Waals surface area contributed by atoms with Crippen LogP contribution in [0.5, 0.6) is 23.0 Å². The van der Waals surface area contributed by atoms with Crippen LogP contribution in [0.15, 0.2) is 72.8 Å². The van der Waals surface area contributed by atoms with Gasteiger partial charge in [0.2, 0.25) is 0 Å². The maximum Gasteiger partial charge on any atom is 0.266 e. The molecule has 0 saturated carbocycles. The molecule has 72 heavy (non-hydrogen) atoms. The van der Waals surface area contributed by atoms with Crippen molar-refractivity contribution in [2.24, 2.45) is 0 Å². The molecule has 6 aromatic carbocycles. The van der Waals surface area contributed by atoms with Crippen molar-refractivity contribution < 1.29 is 28.7 Å². The molecule has 0 saturated heterocycles. The minimum atomic E-state index is -0.734. The van der Waals surface area contributed by atoms with Gasteiger partial charge in [-0.1, -0.05) is 135 Å². The highest BCUT2D eigenvalue weighted by Crippen LogP contribution is 2.58. The zero-order valence-corrected chi connectivity index (χ0v) is 44.2. The normalized spacial score (nSPS) is 16.5. The Hall–Kier alpha value is -7.56. The molecule has 0 N–H and O–H groups in total. The van der Waals surface area contributed by atoms with Crippen LogP contribution in [0.1, 0.15) is 208 Å². The summed E-state index contributed by atoms with van der Waals surface area (Å²) in [6.07, 6.45) is 0. The molecule has 10 nitrogen and oxygen atoms in total.